The van der Waals surface area contributed by atoms with Crippen molar-refractivity contribution >= 4 is 23.2 Å². The smallest absolute Gasteiger partial charge is 0.371 e. The number of nitrogens with zero attached hydrogens (tertiary/aromatic N) is 2. The first-order chi connectivity index (χ1) is 12.8. The SMILES string of the molecule is Cc1ccc(N2CCCCC2)cc1NC(=O)C1CCCN1C(=O)C(F)(F)F. The number of halogens is 3. The van der Waals surface area contributed by atoms with Crippen LogP contribution in [0.1, 0.15) is 37.7 Å². The Morgan fingerprint density at radius 1 is 1.07 bits per heavy atom. The Morgan fingerprint density at radius 2 is 1.78 bits per heavy atom. The second-order valence-corrected chi connectivity index (χ2v) is 7.19. The first-order valence-electron chi connectivity index (χ1n) is 9.31. The maximum Gasteiger partial charge on any atom is 0.471 e. The van der Waals surface area contributed by atoms with E-state index in [0.717, 1.165) is 37.2 Å². The molecular formula is C19H24F3N3O2. The van der Waals surface area contributed by atoms with Crippen molar-refractivity contribution in [3.8, 4) is 0 Å². The number of nitrogens with one attached hydrogen (secondary N) is 1. The lowest BCUT2D eigenvalue weighted by atomic mass is 10.1. The third-order valence-electron chi connectivity index (χ3n) is 5.26. The second kappa shape index (κ2) is 7.78. The number of benzene rings is 1. The Balaban J connectivity index is 1.74. The summed E-state index contributed by atoms with van der Waals surface area (Å²) in [4.78, 5) is 27.1. The molecule has 1 unspecified atom stereocenters. The van der Waals surface area contributed by atoms with Crippen molar-refractivity contribution in [2.45, 2.75) is 51.2 Å². The number of anilines is 2. The molecule has 0 saturated carbocycles. The number of likely N-dealkylation sites (tertiary alicyclic amines) is 1. The van der Waals surface area contributed by atoms with Crippen molar-refractivity contribution in [1.82, 2.24) is 4.90 Å². The average Bonchev–Trinajstić information content (AvgIpc) is 3.12. The third-order valence-corrected chi connectivity index (χ3v) is 5.26. The fraction of sp³-hybridized carbons (Fsp3) is 0.579. The number of rotatable bonds is 3. The van der Waals surface area contributed by atoms with Crippen molar-refractivity contribution in [2.24, 2.45) is 0 Å². The maximum absolute atomic E-state index is 12.8. The number of hydrogen-bond donors (Lipinski definition) is 1. The molecule has 2 aliphatic rings. The normalized spacial score (nSPS) is 20.7. The first-order valence-corrected chi connectivity index (χ1v) is 9.31. The van der Waals surface area contributed by atoms with Gasteiger partial charge in [-0.3, -0.25) is 9.59 Å². The Hall–Kier alpha value is -2.25. The lowest BCUT2D eigenvalue weighted by Gasteiger charge is -2.29. The summed E-state index contributed by atoms with van der Waals surface area (Å²) in [5.74, 6) is -2.51. The van der Waals surface area contributed by atoms with Crippen LogP contribution in [-0.2, 0) is 9.59 Å². The van der Waals surface area contributed by atoms with Gasteiger partial charge in [0.05, 0.1) is 0 Å². The zero-order valence-electron chi connectivity index (χ0n) is 15.3. The zero-order valence-corrected chi connectivity index (χ0v) is 15.3. The molecule has 0 bridgehead atoms. The topological polar surface area (TPSA) is 52.7 Å². The van der Waals surface area contributed by atoms with Crippen LogP contribution in [0.4, 0.5) is 24.5 Å². The average molecular weight is 383 g/mol. The van der Waals surface area contributed by atoms with Gasteiger partial charge in [0.15, 0.2) is 0 Å². The van der Waals surface area contributed by atoms with Crippen LogP contribution in [0.15, 0.2) is 18.2 Å². The number of hydrogen-bond acceptors (Lipinski definition) is 3. The Labute approximate surface area is 156 Å². The molecule has 0 aliphatic carbocycles. The van der Waals surface area contributed by atoms with E-state index in [1.165, 1.54) is 6.42 Å². The highest BCUT2D eigenvalue weighted by Gasteiger charge is 2.47. The number of aryl methyl sites for hydroxylation is 1. The van der Waals surface area contributed by atoms with Gasteiger partial charge in [0.25, 0.3) is 0 Å². The Kier molecular flexibility index (Phi) is 5.62. The van der Waals surface area contributed by atoms with Gasteiger partial charge in [-0.05, 0) is 56.7 Å². The minimum absolute atomic E-state index is 0.0524. The van der Waals surface area contributed by atoms with Crippen LogP contribution < -0.4 is 10.2 Å². The molecule has 2 saturated heterocycles. The minimum atomic E-state index is -4.97. The second-order valence-electron chi connectivity index (χ2n) is 7.19. The molecule has 0 spiro atoms. The highest BCUT2D eigenvalue weighted by molar-refractivity contribution is 5.99. The maximum atomic E-state index is 12.8. The highest BCUT2D eigenvalue weighted by atomic mass is 19.4. The molecule has 0 aromatic heterocycles. The molecule has 148 valence electrons. The quantitative estimate of drug-likeness (QED) is 0.870. The van der Waals surface area contributed by atoms with Gasteiger partial charge in [0, 0.05) is 31.0 Å². The fourth-order valence-corrected chi connectivity index (χ4v) is 3.75. The summed E-state index contributed by atoms with van der Waals surface area (Å²) in [6.07, 6.45) is -0.910. The molecule has 1 aromatic carbocycles. The van der Waals surface area contributed by atoms with E-state index in [-0.39, 0.29) is 13.0 Å². The molecule has 2 aliphatic heterocycles. The first kappa shape index (κ1) is 19.5. The van der Waals surface area contributed by atoms with Gasteiger partial charge in [-0.25, -0.2) is 0 Å². The van der Waals surface area contributed by atoms with Crippen molar-refractivity contribution in [2.75, 3.05) is 29.9 Å². The molecule has 8 heteroatoms. The highest BCUT2D eigenvalue weighted by Crippen LogP contribution is 2.29. The minimum Gasteiger partial charge on any atom is -0.371 e. The van der Waals surface area contributed by atoms with E-state index in [0.29, 0.717) is 17.0 Å². The molecule has 2 heterocycles. The largest absolute Gasteiger partial charge is 0.471 e. The summed E-state index contributed by atoms with van der Waals surface area (Å²) in [5.41, 5.74) is 2.40. The van der Waals surface area contributed by atoms with Crippen LogP contribution in [0.2, 0.25) is 0 Å². The van der Waals surface area contributed by atoms with Crippen LogP contribution in [0.25, 0.3) is 0 Å². The van der Waals surface area contributed by atoms with Gasteiger partial charge in [0.2, 0.25) is 5.91 Å². The van der Waals surface area contributed by atoms with Crippen molar-refractivity contribution < 1.29 is 22.8 Å². The van der Waals surface area contributed by atoms with Gasteiger partial charge in [-0.1, -0.05) is 6.07 Å². The fourth-order valence-electron chi connectivity index (χ4n) is 3.75. The number of carbonyl (C=O) groups is 2. The van der Waals surface area contributed by atoms with Crippen molar-refractivity contribution in [1.29, 1.82) is 0 Å². The van der Waals surface area contributed by atoms with Crippen LogP contribution in [0.5, 0.6) is 0 Å². The van der Waals surface area contributed by atoms with Crippen LogP contribution >= 0.6 is 0 Å². The summed E-state index contributed by atoms with van der Waals surface area (Å²) >= 11 is 0. The molecule has 1 aromatic rings. The van der Waals surface area contributed by atoms with Gasteiger partial charge < -0.3 is 15.1 Å². The summed E-state index contributed by atoms with van der Waals surface area (Å²) in [7, 11) is 0. The van der Waals surface area contributed by atoms with E-state index in [1.807, 2.05) is 25.1 Å². The van der Waals surface area contributed by atoms with Gasteiger partial charge in [0.1, 0.15) is 6.04 Å². The molecule has 2 fully saturated rings. The van der Waals surface area contributed by atoms with Crippen LogP contribution in [-0.4, -0.2) is 48.6 Å². The standard InChI is InChI=1S/C19H24F3N3O2/c1-13-7-8-14(24-9-3-2-4-10-24)12-15(13)23-17(26)16-6-5-11-25(16)18(27)19(20,21)22/h7-8,12,16H,2-6,9-11H2,1H3,(H,23,26). The molecule has 3 rings (SSSR count). The number of piperidine rings is 1. The summed E-state index contributed by atoms with van der Waals surface area (Å²) in [5, 5.41) is 2.74. The monoisotopic (exact) mass is 383 g/mol. The molecule has 2 amide bonds. The third kappa shape index (κ3) is 4.36. The Bertz CT molecular complexity index is 715. The van der Waals surface area contributed by atoms with E-state index >= 15 is 0 Å². The molecule has 1 atom stereocenters. The molecule has 5 nitrogen and oxygen atoms in total. The molecular weight excluding hydrogens is 359 g/mol. The van der Waals surface area contributed by atoms with Crippen LogP contribution in [0.3, 0.4) is 0 Å². The zero-order chi connectivity index (χ0) is 19.6. The predicted molar refractivity (Wildman–Crippen MR) is 96.7 cm³/mol. The molecule has 0 radical (unpaired) electrons. The lowest BCUT2D eigenvalue weighted by molar-refractivity contribution is -0.186. The lowest BCUT2D eigenvalue weighted by Crippen LogP contribution is -2.48. The van der Waals surface area contributed by atoms with E-state index < -0.39 is 24.0 Å². The van der Waals surface area contributed by atoms with Crippen molar-refractivity contribution in [3.63, 3.8) is 0 Å². The summed E-state index contributed by atoms with van der Waals surface area (Å²) in [6.45, 7) is 3.69. The van der Waals surface area contributed by atoms with E-state index in [4.69, 9.17) is 0 Å². The van der Waals surface area contributed by atoms with Gasteiger partial charge >= 0.3 is 12.1 Å². The van der Waals surface area contributed by atoms with E-state index in [1.54, 1.807) is 0 Å². The molecule has 27 heavy (non-hydrogen) atoms. The van der Waals surface area contributed by atoms with Gasteiger partial charge in [-0.15, -0.1) is 0 Å². The van der Waals surface area contributed by atoms with E-state index in [2.05, 4.69) is 10.2 Å². The van der Waals surface area contributed by atoms with Crippen LogP contribution in [0, 0.1) is 6.92 Å². The number of amides is 2. The van der Waals surface area contributed by atoms with Crippen molar-refractivity contribution in [3.05, 3.63) is 23.8 Å². The Morgan fingerprint density at radius 3 is 2.44 bits per heavy atom. The van der Waals surface area contributed by atoms with E-state index in [9.17, 15) is 22.8 Å². The predicted octanol–water partition coefficient (Wildman–Crippen LogP) is 3.48. The number of alkyl halides is 3. The number of carbonyl (C=O) groups excluding carboxylic acids is 2. The summed E-state index contributed by atoms with van der Waals surface area (Å²) in [6, 6.07) is 4.67. The summed E-state index contributed by atoms with van der Waals surface area (Å²) < 4.78 is 38.3. The van der Waals surface area contributed by atoms with Gasteiger partial charge in [-0.2, -0.15) is 13.2 Å². The molecule has 1 N–H and O–H groups in total.